The molecule has 4 fully saturated rings. The highest BCUT2D eigenvalue weighted by molar-refractivity contribution is 5.38. The van der Waals surface area contributed by atoms with Crippen LogP contribution in [0.1, 0.15) is 113 Å². The Morgan fingerprint density at radius 2 is 1.43 bits per heavy atom. The number of carbonyl (C=O) groups excluding carboxylic acids is 1. The van der Waals surface area contributed by atoms with E-state index in [1.54, 1.807) is 5.57 Å². The van der Waals surface area contributed by atoms with Crippen molar-refractivity contribution in [1.82, 2.24) is 0 Å². The number of carbonyl (C=O) groups is 1. The van der Waals surface area contributed by atoms with Crippen LogP contribution in [0.25, 0.3) is 0 Å². The van der Waals surface area contributed by atoms with Crippen LogP contribution in [0, 0.1) is 50.7 Å². The van der Waals surface area contributed by atoms with Gasteiger partial charge >= 0.3 is 0 Å². The molecule has 3 nitrogen and oxygen atoms in total. The highest BCUT2D eigenvalue weighted by Gasteiger charge is 2.63. The molecular weight excluding hydrogens is 432 g/mol. The molecule has 35 heavy (non-hydrogen) atoms. The van der Waals surface area contributed by atoms with Crippen molar-refractivity contribution in [3.8, 4) is 0 Å². The average molecular weight is 485 g/mol. The second kappa shape index (κ2) is 8.34. The number of rotatable bonds is 3. The van der Waals surface area contributed by atoms with Crippen molar-refractivity contribution in [2.45, 2.75) is 125 Å². The van der Waals surface area contributed by atoms with Crippen LogP contribution >= 0.6 is 0 Å². The summed E-state index contributed by atoms with van der Waals surface area (Å²) in [6.45, 7) is 18.3. The summed E-state index contributed by atoms with van der Waals surface area (Å²) in [4.78, 5) is 11.2. The molecule has 0 aliphatic heterocycles. The maximum Gasteiger partial charge on any atom is 0.293 e. The predicted octanol–water partition coefficient (Wildman–Crippen LogP) is 7.97. The minimum absolute atomic E-state index is 0.0263. The van der Waals surface area contributed by atoms with Gasteiger partial charge in [-0.3, -0.25) is 4.79 Å². The molecule has 5 rings (SSSR count). The maximum atomic E-state index is 11.2. The van der Waals surface area contributed by atoms with Crippen molar-refractivity contribution in [3.63, 3.8) is 0 Å². The molecule has 0 aromatic heterocycles. The molecule has 0 aromatic rings. The van der Waals surface area contributed by atoms with Crippen LogP contribution in [0.3, 0.4) is 0 Å². The Bertz CT molecular complexity index is 872. The Morgan fingerprint density at radius 3 is 2.11 bits per heavy atom. The molecule has 0 aromatic carbocycles. The number of fused-ring (bicyclic) bond motifs is 6. The maximum absolute atomic E-state index is 11.2. The monoisotopic (exact) mass is 484 g/mol. The lowest BCUT2D eigenvalue weighted by Gasteiger charge is -2.64. The molecule has 0 saturated heterocycles. The normalized spacial score (nSPS) is 50.3. The van der Waals surface area contributed by atoms with Crippen molar-refractivity contribution >= 4 is 6.47 Å². The van der Waals surface area contributed by atoms with Gasteiger partial charge in [0, 0.05) is 12.5 Å². The fourth-order valence-corrected chi connectivity index (χ4v) is 11.6. The van der Waals surface area contributed by atoms with E-state index in [1.807, 2.05) is 7.11 Å². The SMILES string of the molecule is CO[C@@H]1CC[C@@]2(C)[C@@H](CC[C@@]3(C)CC4=CC[C@H]5C(C)(C)[C@H](OC=O)CC[C@]5(C)[C@H]4CC[C@@H]32)C1(C)C. The molecule has 5 aliphatic carbocycles. The Hall–Kier alpha value is -0.830. The number of hydrogen-bond acceptors (Lipinski definition) is 3. The predicted molar refractivity (Wildman–Crippen MR) is 142 cm³/mol. The molecule has 3 heteroatoms. The third kappa shape index (κ3) is 3.56. The number of ether oxygens (including phenoxy) is 2. The van der Waals surface area contributed by atoms with Gasteiger partial charge in [0.25, 0.3) is 6.47 Å². The van der Waals surface area contributed by atoms with E-state index in [9.17, 15) is 4.79 Å². The summed E-state index contributed by atoms with van der Waals surface area (Å²) in [6, 6.07) is 0. The zero-order chi connectivity index (χ0) is 25.4. The number of hydrogen-bond donors (Lipinski definition) is 0. The summed E-state index contributed by atoms with van der Waals surface area (Å²) >= 11 is 0. The zero-order valence-corrected chi connectivity index (χ0v) is 23.9. The van der Waals surface area contributed by atoms with E-state index in [4.69, 9.17) is 9.47 Å². The quantitative estimate of drug-likeness (QED) is 0.301. The molecule has 0 unspecified atom stereocenters. The van der Waals surface area contributed by atoms with Crippen LogP contribution in [0.5, 0.6) is 0 Å². The largest absolute Gasteiger partial charge is 0.464 e. The highest BCUT2D eigenvalue weighted by atomic mass is 16.5. The summed E-state index contributed by atoms with van der Waals surface area (Å²) in [5.41, 5.74) is 3.20. The highest BCUT2D eigenvalue weighted by Crippen LogP contribution is 2.70. The van der Waals surface area contributed by atoms with Gasteiger partial charge in [-0.25, -0.2) is 0 Å². The second-order valence-electron chi connectivity index (χ2n) is 15.3. The van der Waals surface area contributed by atoms with Crippen molar-refractivity contribution in [2.75, 3.05) is 7.11 Å². The second-order valence-corrected chi connectivity index (χ2v) is 15.3. The number of methoxy groups -OCH3 is 1. The Morgan fingerprint density at radius 1 is 0.771 bits per heavy atom. The van der Waals surface area contributed by atoms with Crippen LogP contribution in [0.4, 0.5) is 0 Å². The molecule has 0 bridgehead atoms. The molecule has 4 saturated carbocycles. The van der Waals surface area contributed by atoms with Crippen molar-refractivity contribution < 1.29 is 14.3 Å². The molecule has 0 spiro atoms. The van der Waals surface area contributed by atoms with Crippen LogP contribution in [0.2, 0.25) is 0 Å². The third-order valence-electron chi connectivity index (χ3n) is 13.3. The molecule has 0 N–H and O–H groups in total. The molecule has 0 amide bonds. The lowest BCUT2D eigenvalue weighted by atomic mass is 9.42. The van der Waals surface area contributed by atoms with Gasteiger partial charge in [-0.1, -0.05) is 60.1 Å². The van der Waals surface area contributed by atoms with Gasteiger partial charge in [0.1, 0.15) is 6.10 Å². The first-order valence-corrected chi connectivity index (χ1v) is 14.7. The zero-order valence-electron chi connectivity index (χ0n) is 23.9. The van der Waals surface area contributed by atoms with Gasteiger partial charge < -0.3 is 9.47 Å². The van der Waals surface area contributed by atoms with Gasteiger partial charge in [0.2, 0.25) is 0 Å². The van der Waals surface area contributed by atoms with Gasteiger partial charge in [-0.15, -0.1) is 0 Å². The van der Waals surface area contributed by atoms with Gasteiger partial charge in [-0.05, 0) is 110 Å². The Balaban J connectivity index is 1.47. The molecular formula is C32H52O3. The van der Waals surface area contributed by atoms with E-state index in [-0.39, 0.29) is 16.9 Å². The summed E-state index contributed by atoms with van der Waals surface area (Å²) in [5.74, 6) is 2.81. The smallest absolute Gasteiger partial charge is 0.293 e. The Labute approximate surface area is 215 Å². The fraction of sp³-hybridized carbons (Fsp3) is 0.906. The molecule has 198 valence electrons. The Kier molecular flexibility index (Phi) is 6.15. The third-order valence-corrected chi connectivity index (χ3v) is 13.3. The fourth-order valence-electron chi connectivity index (χ4n) is 11.6. The van der Waals surface area contributed by atoms with Crippen LogP contribution < -0.4 is 0 Å². The van der Waals surface area contributed by atoms with Crippen LogP contribution in [0.15, 0.2) is 11.6 Å². The van der Waals surface area contributed by atoms with Crippen molar-refractivity contribution in [2.24, 2.45) is 50.7 Å². The number of allylic oxidation sites excluding steroid dienone is 2. The van der Waals surface area contributed by atoms with E-state index in [0.29, 0.717) is 40.7 Å². The van der Waals surface area contributed by atoms with E-state index in [2.05, 4.69) is 54.5 Å². The van der Waals surface area contributed by atoms with E-state index < -0.39 is 0 Å². The minimum atomic E-state index is 0.0263. The van der Waals surface area contributed by atoms with Crippen molar-refractivity contribution in [3.05, 3.63) is 11.6 Å². The summed E-state index contributed by atoms with van der Waals surface area (Å²) in [6.07, 6.45) is 15.7. The first-order valence-electron chi connectivity index (χ1n) is 14.7. The summed E-state index contributed by atoms with van der Waals surface area (Å²) in [7, 11) is 1.93. The lowest BCUT2D eigenvalue weighted by molar-refractivity contribution is -0.178. The minimum Gasteiger partial charge on any atom is -0.464 e. The average Bonchev–Trinajstić information content (AvgIpc) is 2.93. The van der Waals surface area contributed by atoms with Gasteiger partial charge in [0.15, 0.2) is 0 Å². The van der Waals surface area contributed by atoms with Gasteiger partial charge in [0.05, 0.1) is 6.10 Å². The lowest BCUT2D eigenvalue weighted by Crippen LogP contribution is -2.58. The molecule has 9 atom stereocenters. The first-order chi connectivity index (χ1) is 16.3. The van der Waals surface area contributed by atoms with Gasteiger partial charge in [-0.2, -0.15) is 0 Å². The summed E-state index contributed by atoms with van der Waals surface area (Å²) < 4.78 is 11.7. The first kappa shape index (κ1) is 25.8. The van der Waals surface area contributed by atoms with E-state index in [0.717, 1.165) is 24.7 Å². The molecule has 0 heterocycles. The summed E-state index contributed by atoms with van der Waals surface area (Å²) in [5, 5.41) is 0. The van der Waals surface area contributed by atoms with Crippen LogP contribution in [-0.4, -0.2) is 25.8 Å². The van der Waals surface area contributed by atoms with E-state index >= 15 is 0 Å². The van der Waals surface area contributed by atoms with Crippen molar-refractivity contribution in [1.29, 1.82) is 0 Å². The molecule has 5 aliphatic rings. The van der Waals surface area contributed by atoms with Crippen LogP contribution in [-0.2, 0) is 14.3 Å². The topological polar surface area (TPSA) is 35.5 Å². The molecule has 0 radical (unpaired) electrons. The van der Waals surface area contributed by atoms with E-state index in [1.165, 1.54) is 51.4 Å². The standard InChI is InChI=1S/C32H52O3/c1-28(2)24-13-16-30(5)19-21-9-11-23-29(3,4)27(35-20-33)15-17-31(23,6)22(21)10-12-25(30)32(24,7)18-14-26(28)34-8/h9,20,22-27H,10-19H2,1-8H3/t22-,23-,24-,25-,26+,27+,30-,31+,32-/m0/s1.